The first kappa shape index (κ1) is 16.1. The highest BCUT2D eigenvalue weighted by Gasteiger charge is 2.27. The number of aromatic nitrogens is 2. The van der Waals surface area contributed by atoms with E-state index in [4.69, 9.17) is 18.0 Å². The maximum absolute atomic E-state index is 12.4. The standard InChI is InChI=1S/C11H20N4O2S2/c1-5-6-9(11(12)18)14-19(16,17)10-7(2)13-15(4)8(10)3/h9,14H,5-6H2,1-4H3,(H2,12,18). The summed E-state index contributed by atoms with van der Waals surface area (Å²) in [7, 11) is -1.96. The van der Waals surface area contributed by atoms with Crippen molar-refractivity contribution in [2.45, 2.75) is 44.6 Å². The molecule has 3 N–H and O–H groups in total. The van der Waals surface area contributed by atoms with Crippen molar-refractivity contribution < 1.29 is 8.42 Å². The number of nitrogens with zero attached hydrogens (tertiary/aromatic N) is 2. The maximum Gasteiger partial charge on any atom is 0.244 e. The van der Waals surface area contributed by atoms with E-state index < -0.39 is 16.1 Å². The Kier molecular flexibility index (Phi) is 5.05. The second-order valence-corrected chi connectivity index (χ2v) is 6.61. The van der Waals surface area contributed by atoms with Crippen LogP contribution >= 0.6 is 12.2 Å². The van der Waals surface area contributed by atoms with E-state index in [0.717, 1.165) is 6.42 Å². The van der Waals surface area contributed by atoms with Crippen molar-refractivity contribution in [3.8, 4) is 0 Å². The summed E-state index contributed by atoms with van der Waals surface area (Å²) in [6.45, 7) is 5.32. The van der Waals surface area contributed by atoms with Crippen molar-refractivity contribution in [3.05, 3.63) is 11.4 Å². The van der Waals surface area contributed by atoms with E-state index >= 15 is 0 Å². The minimum Gasteiger partial charge on any atom is -0.392 e. The number of hydrogen-bond donors (Lipinski definition) is 2. The topological polar surface area (TPSA) is 90.0 Å². The van der Waals surface area contributed by atoms with Crippen LogP contribution in [0, 0.1) is 13.8 Å². The third-order valence-electron chi connectivity index (χ3n) is 2.93. The zero-order valence-electron chi connectivity index (χ0n) is 11.6. The number of rotatable bonds is 6. The Hall–Kier alpha value is -0.990. The molecule has 108 valence electrons. The number of sulfonamides is 1. The van der Waals surface area contributed by atoms with Gasteiger partial charge in [-0.3, -0.25) is 4.68 Å². The molecule has 1 unspecified atom stereocenters. The van der Waals surface area contributed by atoms with Gasteiger partial charge < -0.3 is 5.73 Å². The molecule has 0 aliphatic heterocycles. The van der Waals surface area contributed by atoms with Crippen molar-refractivity contribution in [1.29, 1.82) is 0 Å². The molecule has 0 aliphatic carbocycles. The van der Waals surface area contributed by atoms with Crippen LogP contribution in [0.15, 0.2) is 4.90 Å². The van der Waals surface area contributed by atoms with Gasteiger partial charge in [-0.15, -0.1) is 0 Å². The second kappa shape index (κ2) is 5.98. The van der Waals surface area contributed by atoms with E-state index in [9.17, 15) is 8.42 Å². The van der Waals surface area contributed by atoms with Gasteiger partial charge in [-0.1, -0.05) is 25.6 Å². The Labute approximate surface area is 119 Å². The molecule has 0 radical (unpaired) electrons. The van der Waals surface area contributed by atoms with Crippen LogP contribution in [0.4, 0.5) is 0 Å². The Balaban J connectivity index is 3.14. The Morgan fingerprint density at radius 2 is 2.11 bits per heavy atom. The number of aryl methyl sites for hydroxylation is 2. The molecule has 0 aliphatic rings. The Morgan fingerprint density at radius 3 is 2.47 bits per heavy atom. The lowest BCUT2D eigenvalue weighted by Crippen LogP contribution is -2.43. The number of nitrogens with one attached hydrogen (secondary N) is 1. The largest absolute Gasteiger partial charge is 0.392 e. The van der Waals surface area contributed by atoms with E-state index in [0.29, 0.717) is 17.8 Å². The summed E-state index contributed by atoms with van der Waals surface area (Å²) in [4.78, 5) is 0.358. The molecule has 0 saturated heterocycles. The number of hydrogen-bond acceptors (Lipinski definition) is 4. The first-order valence-corrected chi connectivity index (χ1v) is 7.91. The third-order valence-corrected chi connectivity index (χ3v) is 4.94. The molecule has 1 rings (SSSR count). The van der Waals surface area contributed by atoms with E-state index in [1.165, 1.54) is 0 Å². The minimum absolute atomic E-state index is 0.157. The lowest BCUT2D eigenvalue weighted by Gasteiger charge is -2.16. The van der Waals surface area contributed by atoms with E-state index in [2.05, 4.69) is 9.82 Å². The molecule has 0 aromatic carbocycles. The zero-order chi connectivity index (χ0) is 14.8. The van der Waals surface area contributed by atoms with Gasteiger partial charge >= 0.3 is 0 Å². The van der Waals surface area contributed by atoms with Crippen molar-refractivity contribution in [1.82, 2.24) is 14.5 Å². The van der Waals surface area contributed by atoms with Crippen molar-refractivity contribution in [3.63, 3.8) is 0 Å². The van der Waals surface area contributed by atoms with Gasteiger partial charge in [0, 0.05) is 7.05 Å². The van der Waals surface area contributed by atoms with Crippen LogP contribution in [0.25, 0.3) is 0 Å². The van der Waals surface area contributed by atoms with Crippen LogP contribution in [0.5, 0.6) is 0 Å². The minimum atomic E-state index is -3.67. The fourth-order valence-corrected chi connectivity index (χ4v) is 3.88. The quantitative estimate of drug-likeness (QED) is 0.758. The van der Waals surface area contributed by atoms with Crippen molar-refractivity contribution in [2.24, 2.45) is 12.8 Å². The molecule has 19 heavy (non-hydrogen) atoms. The molecular weight excluding hydrogens is 284 g/mol. The molecule has 1 aromatic rings. The highest BCUT2D eigenvalue weighted by molar-refractivity contribution is 7.89. The molecule has 0 spiro atoms. The Morgan fingerprint density at radius 1 is 1.53 bits per heavy atom. The molecule has 0 bridgehead atoms. The molecule has 0 amide bonds. The first-order valence-electron chi connectivity index (χ1n) is 6.02. The summed E-state index contributed by atoms with van der Waals surface area (Å²) in [5.41, 5.74) is 6.62. The summed E-state index contributed by atoms with van der Waals surface area (Å²) < 4.78 is 28.9. The summed E-state index contributed by atoms with van der Waals surface area (Å²) in [6.07, 6.45) is 1.36. The normalized spacial score (nSPS) is 13.5. The molecular formula is C11H20N4O2S2. The van der Waals surface area contributed by atoms with Gasteiger partial charge in [-0.25, -0.2) is 13.1 Å². The Bertz CT molecular complexity index is 578. The predicted octanol–water partition coefficient (Wildman–Crippen LogP) is 0.770. The van der Waals surface area contributed by atoms with Gasteiger partial charge in [0.15, 0.2) is 0 Å². The van der Waals surface area contributed by atoms with Gasteiger partial charge in [-0.2, -0.15) is 5.10 Å². The van der Waals surface area contributed by atoms with Crippen LogP contribution < -0.4 is 10.5 Å². The number of thiocarbonyl (C=S) groups is 1. The predicted molar refractivity (Wildman–Crippen MR) is 78.5 cm³/mol. The van der Waals surface area contributed by atoms with E-state index in [1.807, 2.05) is 6.92 Å². The van der Waals surface area contributed by atoms with Crippen LogP contribution in [0.1, 0.15) is 31.2 Å². The van der Waals surface area contributed by atoms with Gasteiger partial charge in [0.25, 0.3) is 0 Å². The van der Waals surface area contributed by atoms with Gasteiger partial charge in [0.1, 0.15) is 4.90 Å². The molecule has 1 aromatic heterocycles. The van der Waals surface area contributed by atoms with Crippen LogP contribution in [-0.4, -0.2) is 29.2 Å². The number of nitrogens with two attached hydrogens (primary N) is 1. The molecule has 0 saturated carbocycles. The smallest absolute Gasteiger partial charge is 0.244 e. The van der Waals surface area contributed by atoms with Crippen molar-refractivity contribution >= 4 is 27.2 Å². The highest BCUT2D eigenvalue weighted by atomic mass is 32.2. The lowest BCUT2D eigenvalue weighted by atomic mass is 10.2. The molecule has 8 heteroatoms. The average molecular weight is 304 g/mol. The molecule has 1 heterocycles. The van der Waals surface area contributed by atoms with Crippen molar-refractivity contribution in [2.75, 3.05) is 0 Å². The molecule has 6 nitrogen and oxygen atoms in total. The van der Waals surface area contributed by atoms with Gasteiger partial charge in [-0.05, 0) is 20.3 Å². The van der Waals surface area contributed by atoms with Crippen LogP contribution in [0.2, 0.25) is 0 Å². The maximum atomic E-state index is 12.4. The molecule has 1 atom stereocenters. The van der Waals surface area contributed by atoms with E-state index in [1.54, 1.807) is 25.6 Å². The van der Waals surface area contributed by atoms with E-state index in [-0.39, 0.29) is 9.88 Å². The second-order valence-electron chi connectivity index (χ2n) is 4.49. The van der Waals surface area contributed by atoms with Gasteiger partial charge in [0.05, 0.1) is 22.4 Å². The summed E-state index contributed by atoms with van der Waals surface area (Å²) in [6, 6.07) is -0.524. The SMILES string of the molecule is CCCC(NS(=O)(=O)c1c(C)nn(C)c1C)C(N)=S. The zero-order valence-corrected chi connectivity index (χ0v) is 13.2. The fraction of sp³-hybridized carbons (Fsp3) is 0.636. The highest BCUT2D eigenvalue weighted by Crippen LogP contribution is 2.19. The average Bonchev–Trinajstić information content (AvgIpc) is 2.52. The van der Waals surface area contributed by atoms with Crippen LogP contribution in [0.3, 0.4) is 0 Å². The van der Waals surface area contributed by atoms with Gasteiger partial charge in [0.2, 0.25) is 10.0 Å². The monoisotopic (exact) mass is 304 g/mol. The van der Waals surface area contributed by atoms with Crippen LogP contribution in [-0.2, 0) is 17.1 Å². The summed E-state index contributed by atoms with van der Waals surface area (Å²) in [5, 5.41) is 4.11. The summed E-state index contributed by atoms with van der Waals surface area (Å²) >= 11 is 4.90. The first-order chi connectivity index (χ1) is 8.70. The third kappa shape index (κ3) is 3.52. The summed E-state index contributed by atoms with van der Waals surface area (Å²) in [5.74, 6) is 0. The molecule has 0 fully saturated rings. The fourth-order valence-electron chi connectivity index (χ4n) is 1.94. The lowest BCUT2D eigenvalue weighted by molar-refractivity contribution is 0.565.